The van der Waals surface area contributed by atoms with Crippen LogP contribution in [0.2, 0.25) is 5.02 Å². The second-order valence-electron chi connectivity index (χ2n) is 5.33. The number of carbonyl (C=O) groups excluding carboxylic acids is 2. The molecule has 0 spiro atoms. The topological polar surface area (TPSA) is 102 Å². The lowest BCUT2D eigenvalue weighted by atomic mass is 10.2. The molecule has 0 atom stereocenters. The lowest BCUT2D eigenvalue weighted by Crippen LogP contribution is -2.40. The molecular formula is C16H19ClN2O6S. The van der Waals surface area contributed by atoms with Crippen molar-refractivity contribution in [1.82, 2.24) is 9.62 Å². The Morgan fingerprint density at radius 2 is 2.04 bits per heavy atom. The Balaban J connectivity index is 2.14. The SMILES string of the molecule is C=CCNC(=O)COC(=O)c1cc(S(=O)(=O)N2CCOCC2)ccc1Cl. The first kappa shape index (κ1) is 20.4. The van der Waals surface area contributed by atoms with Crippen LogP contribution in [0.3, 0.4) is 0 Å². The molecular weight excluding hydrogens is 384 g/mol. The van der Waals surface area contributed by atoms with Gasteiger partial charge < -0.3 is 14.8 Å². The summed E-state index contributed by atoms with van der Waals surface area (Å²) in [6, 6.07) is 3.78. The van der Waals surface area contributed by atoms with Crippen molar-refractivity contribution in [3.05, 3.63) is 41.4 Å². The number of rotatable bonds is 7. The van der Waals surface area contributed by atoms with Gasteiger partial charge in [0.15, 0.2) is 6.61 Å². The number of esters is 1. The highest BCUT2D eigenvalue weighted by molar-refractivity contribution is 7.89. The van der Waals surface area contributed by atoms with Crippen LogP contribution in [0.25, 0.3) is 0 Å². The van der Waals surface area contributed by atoms with Crippen LogP contribution < -0.4 is 5.32 Å². The summed E-state index contributed by atoms with van der Waals surface area (Å²) in [4.78, 5) is 23.6. The van der Waals surface area contributed by atoms with E-state index in [1.807, 2.05) is 0 Å². The number of hydrogen-bond donors (Lipinski definition) is 1. The number of morpholine rings is 1. The van der Waals surface area contributed by atoms with Gasteiger partial charge in [-0.05, 0) is 18.2 Å². The molecule has 8 nitrogen and oxygen atoms in total. The minimum Gasteiger partial charge on any atom is -0.452 e. The Morgan fingerprint density at radius 1 is 1.35 bits per heavy atom. The molecule has 0 radical (unpaired) electrons. The monoisotopic (exact) mass is 402 g/mol. The summed E-state index contributed by atoms with van der Waals surface area (Å²) in [5.41, 5.74) is -0.127. The molecule has 10 heteroatoms. The average molecular weight is 403 g/mol. The van der Waals surface area contributed by atoms with Gasteiger partial charge in [-0.2, -0.15) is 4.31 Å². The molecule has 1 aliphatic rings. The van der Waals surface area contributed by atoms with Gasteiger partial charge in [0.1, 0.15) is 0 Å². The molecule has 0 aliphatic carbocycles. The van der Waals surface area contributed by atoms with Gasteiger partial charge in [0.25, 0.3) is 5.91 Å². The molecule has 1 aliphatic heterocycles. The van der Waals surface area contributed by atoms with Gasteiger partial charge in [0.05, 0.1) is 28.7 Å². The summed E-state index contributed by atoms with van der Waals surface area (Å²) in [6.07, 6.45) is 1.48. The lowest BCUT2D eigenvalue weighted by molar-refractivity contribution is -0.124. The van der Waals surface area contributed by atoms with Gasteiger partial charge in [-0.25, -0.2) is 13.2 Å². The number of carbonyl (C=O) groups is 2. The van der Waals surface area contributed by atoms with Gasteiger partial charge in [0.2, 0.25) is 10.0 Å². The standard InChI is InChI=1S/C16H19ClN2O6S/c1-2-5-18-15(20)11-25-16(21)13-10-12(3-4-14(13)17)26(22,23)19-6-8-24-9-7-19/h2-4,10H,1,5-9,11H2,(H,18,20). The molecule has 26 heavy (non-hydrogen) atoms. The van der Waals surface area contributed by atoms with Gasteiger partial charge >= 0.3 is 5.97 Å². The van der Waals surface area contributed by atoms with Crippen molar-refractivity contribution >= 4 is 33.5 Å². The summed E-state index contributed by atoms with van der Waals surface area (Å²) in [5, 5.41) is 2.48. The van der Waals surface area contributed by atoms with Crippen LogP contribution in [0.5, 0.6) is 0 Å². The lowest BCUT2D eigenvalue weighted by Gasteiger charge is -2.26. The second-order valence-corrected chi connectivity index (χ2v) is 7.67. The minimum absolute atomic E-state index is 0.0300. The van der Waals surface area contributed by atoms with E-state index >= 15 is 0 Å². The minimum atomic E-state index is -3.78. The highest BCUT2D eigenvalue weighted by Gasteiger charge is 2.28. The quantitative estimate of drug-likeness (QED) is 0.535. The van der Waals surface area contributed by atoms with Crippen molar-refractivity contribution in [3.8, 4) is 0 Å². The first-order valence-electron chi connectivity index (χ1n) is 7.78. The zero-order valence-electron chi connectivity index (χ0n) is 13.9. The number of nitrogens with zero attached hydrogens (tertiary/aromatic N) is 1. The summed E-state index contributed by atoms with van der Waals surface area (Å²) in [5.74, 6) is -1.39. The van der Waals surface area contributed by atoms with E-state index < -0.39 is 28.5 Å². The van der Waals surface area contributed by atoms with E-state index in [0.717, 1.165) is 6.07 Å². The summed E-state index contributed by atoms with van der Waals surface area (Å²) >= 11 is 5.98. The fraction of sp³-hybridized carbons (Fsp3) is 0.375. The van der Waals surface area contributed by atoms with E-state index in [4.69, 9.17) is 21.1 Å². The number of ether oxygens (including phenoxy) is 2. The third-order valence-corrected chi connectivity index (χ3v) is 5.77. The zero-order chi connectivity index (χ0) is 19.2. The van der Waals surface area contributed by atoms with Crippen molar-refractivity contribution in [3.63, 3.8) is 0 Å². The zero-order valence-corrected chi connectivity index (χ0v) is 15.5. The van der Waals surface area contributed by atoms with Crippen LogP contribution in [0.4, 0.5) is 0 Å². The Hall–Kier alpha value is -1.94. The molecule has 1 aromatic rings. The summed E-state index contributed by atoms with van der Waals surface area (Å²) in [6.45, 7) is 4.25. The number of hydrogen-bond acceptors (Lipinski definition) is 6. The fourth-order valence-electron chi connectivity index (χ4n) is 2.20. The Labute approximate surface area is 156 Å². The number of nitrogens with one attached hydrogen (secondary N) is 1. The highest BCUT2D eigenvalue weighted by Crippen LogP contribution is 2.24. The third kappa shape index (κ3) is 5.04. The smallest absolute Gasteiger partial charge is 0.340 e. The first-order valence-corrected chi connectivity index (χ1v) is 9.60. The predicted molar refractivity (Wildman–Crippen MR) is 94.5 cm³/mol. The van der Waals surface area contributed by atoms with Crippen LogP contribution in [-0.2, 0) is 24.3 Å². The number of amides is 1. The molecule has 0 aromatic heterocycles. The van der Waals surface area contributed by atoms with Crippen molar-refractivity contribution in [2.45, 2.75) is 4.90 Å². The predicted octanol–water partition coefficient (Wildman–Crippen LogP) is 0.820. The van der Waals surface area contributed by atoms with Crippen molar-refractivity contribution in [2.75, 3.05) is 39.5 Å². The van der Waals surface area contributed by atoms with Crippen molar-refractivity contribution < 1.29 is 27.5 Å². The number of benzene rings is 1. The molecule has 2 rings (SSSR count). The van der Waals surface area contributed by atoms with Crippen LogP contribution in [0, 0.1) is 0 Å². The van der Waals surface area contributed by atoms with Crippen LogP contribution in [-0.4, -0.2) is 64.1 Å². The van der Waals surface area contributed by atoms with E-state index in [1.54, 1.807) is 0 Å². The largest absolute Gasteiger partial charge is 0.452 e. The molecule has 1 N–H and O–H groups in total. The first-order chi connectivity index (χ1) is 12.4. The van der Waals surface area contributed by atoms with Gasteiger partial charge in [-0.1, -0.05) is 17.7 Å². The molecule has 0 saturated carbocycles. The molecule has 1 aromatic carbocycles. The third-order valence-electron chi connectivity index (χ3n) is 3.54. The molecule has 0 unspecified atom stereocenters. The van der Waals surface area contributed by atoms with Gasteiger partial charge in [0, 0.05) is 19.6 Å². The Bertz CT molecular complexity index is 790. The van der Waals surface area contributed by atoms with Crippen molar-refractivity contribution in [2.24, 2.45) is 0 Å². The van der Waals surface area contributed by atoms with E-state index in [2.05, 4.69) is 11.9 Å². The number of sulfonamides is 1. The van der Waals surface area contributed by atoms with Gasteiger partial charge in [-0.15, -0.1) is 6.58 Å². The van der Waals surface area contributed by atoms with E-state index in [9.17, 15) is 18.0 Å². The molecule has 1 fully saturated rings. The normalized spacial score (nSPS) is 15.3. The maximum Gasteiger partial charge on any atom is 0.340 e. The van der Waals surface area contributed by atoms with Crippen LogP contribution in [0.15, 0.2) is 35.7 Å². The molecule has 0 bridgehead atoms. The highest BCUT2D eigenvalue weighted by atomic mass is 35.5. The summed E-state index contributed by atoms with van der Waals surface area (Å²) < 4.78 is 36.6. The summed E-state index contributed by atoms with van der Waals surface area (Å²) in [7, 11) is -3.78. The fourth-order valence-corrected chi connectivity index (χ4v) is 3.83. The number of halogens is 1. The van der Waals surface area contributed by atoms with Crippen LogP contribution in [0.1, 0.15) is 10.4 Å². The maximum absolute atomic E-state index is 12.7. The Morgan fingerprint density at radius 3 is 2.69 bits per heavy atom. The van der Waals surface area contributed by atoms with E-state index in [-0.39, 0.29) is 35.1 Å². The molecule has 1 heterocycles. The van der Waals surface area contributed by atoms with Crippen LogP contribution >= 0.6 is 11.6 Å². The Kier molecular flexibility index (Phi) is 7.15. The molecule has 1 saturated heterocycles. The molecule has 142 valence electrons. The van der Waals surface area contributed by atoms with E-state index in [1.165, 1.54) is 22.5 Å². The maximum atomic E-state index is 12.7. The van der Waals surface area contributed by atoms with E-state index in [0.29, 0.717) is 13.2 Å². The average Bonchev–Trinajstić information content (AvgIpc) is 2.65. The van der Waals surface area contributed by atoms with Crippen molar-refractivity contribution in [1.29, 1.82) is 0 Å². The molecule has 1 amide bonds. The van der Waals surface area contributed by atoms with Gasteiger partial charge in [-0.3, -0.25) is 4.79 Å². The second kappa shape index (κ2) is 9.13.